The summed E-state index contributed by atoms with van der Waals surface area (Å²) in [5.74, 6) is -0.849. The Bertz CT molecular complexity index is 1410. The van der Waals surface area contributed by atoms with Crippen LogP contribution in [0.4, 0.5) is 0 Å². The van der Waals surface area contributed by atoms with Crippen LogP contribution < -0.4 is 0 Å². The maximum atomic E-state index is 13.0. The van der Waals surface area contributed by atoms with Gasteiger partial charge in [0, 0.05) is 19.3 Å². The maximum Gasteiger partial charge on any atom is 0.306 e. The van der Waals surface area contributed by atoms with Crippen LogP contribution in [-0.2, 0) is 28.6 Å². The molecule has 1 atom stereocenters. The number of esters is 3. The van der Waals surface area contributed by atoms with E-state index in [1.54, 1.807) is 0 Å². The molecule has 0 heterocycles. The molecule has 0 spiro atoms. The van der Waals surface area contributed by atoms with Crippen LogP contribution in [0.2, 0.25) is 0 Å². The SMILES string of the molecule is CC/C=C\C/C=C\C/C=C\C/C=C\CCCCCCCCCCC(=O)OC(COC(=O)CCCCCCCCCCCCCCCCC)COC(=O)CCCCCCCCCCCCCCCCCCCCCCCCCCCCCC. The van der Waals surface area contributed by atoms with E-state index < -0.39 is 6.10 Å². The molecular weight excluding hydrogens is 1010 g/mol. The van der Waals surface area contributed by atoms with Gasteiger partial charge in [-0.15, -0.1) is 0 Å². The second-order valence-electron chi connectivity index (χ2n) is 24.8. The molecule has 0 fully saturated rings. The van der Waals surface area contributed by atoms with Gasteiger partial charge in [-0.1, -0.05) is 371 Å². The van der Waals surface area contributed by atoms with E-state index >= 15 is 0 Å². The van der Waals surface area contributed by atoms with Crippen molar-refractivity contribution in [2.45, 2.75) is 406 Å². The molecule has 6 nitrogen and oxygen atoms in total. The molecule has 0 radical (unpaired) electrons. The number of rotatable bonds is 68. The van der Waals surface area contributed by atoms with E-state index in [0.717, 1.165) is 89.9 Å². The summed E-state index contributed by atoms with van der Waals surface area (Å²) in [6.07, 6.45) is 90.1. The van der Waals surface area contributed by atoms with Crippen LogP contribution in [0.1, 0.15) is 400 Å². The zero-order valence-electron chi connectivity index (χ0n) is 55.3. The van der Waals surface area contributed by atoms with Crippen molar-refractivity contribution in [1.82, 2.24) is 0 Å². The average Bonchev–Trinajstić information content (AvgIpc) is 3.47. The first-order valence-corrected chi connectivity index (χ1v) is 36.6. The van der Waals surface area contributed by atoms with E-state index in [4.69, 9.17) is 14.2 Å². The Balaban J connectivity index is 4.24. The van der Waals surface area contributed by atoms with Crippen LogP contribution in [0, 0.1) is 0 Å². The summed E-state index contributed by atoms with van der Waals surface area (Å²) >= 11 is 0. The Kier molecular flexibility index (Phi) is 68.6. The predicted octanol–water partition coefficient (Wildman–Crippen LogP) is 25.3. The highest BCUT2D eigenvalue weighted by molar-refractivity contribution is 5.71. The Hall–Kier alpha value is -2.63. The molecule has 480 valence electrons. The van der Waals surface area contributed by atoms with Crippen molar-refractivity contribution in [3.63, 3.8) is 0 Å². The molecule has 0 aromatic heterocycles. The Labute approximate surface area is 511 Å². The molecule has 0 aliphatic heterocycles. The molecule has 0 aromatic carbocycles. The number of ether oxygens (including phenoxy) is 3. The Morgan fingerprint density at radius 1 is 0.256 bits per heavy atom. The summed E-state index contributed by atoms with van der Waals surface area (Å²) in [5.41, 5.74) is 0. The van der Waals surface area contributed by atoms with Crippen LogP contribution in [0.5, 0.6) is 0 Å². The molecule has 0 aliphatic rings. The minimum Gasteiger partial charge on any atom is -0.462 e. The molecule has 0 aliphatic carbocycles. The zero-order valence-corrected chi connectivity index (χ0v) is 55.3. The smallest absolute Gasteiger partial charge is 0.306 e. The number of hydrogen-bond acceptors (Lipinski definition) is 6. The number of allylic oxidation sites excluding steroid dienone is 8. The highest BCUT2D eigenvalue weighted by atomic mass is 16.6. The monoisotopic (exact) mass is 1150 g/mol. The molecular formula is C76H140O6. The summed E-state index contributed by atoms with van der Waals surface area (Å²) in [6.45, 7) is 6.60. The van der Waals surface area contributed by atoms with Gasteiger partial charge in [0.2, 0.25) is 0 Å². The number of carbonyl (C=O) groups is 3. The molecule has 6 heteroatoms. The van der Waals surface area contributed by atoms with E-state index in [1.807, 2.05) is 0 Å². The summed E-state index contributed by atoms with van der Waals surface area (Å²) in [5, 5.41) is 0. The summed E-state index contributed by atoms with van der Waals surface area (Å²) in [7, 11) is 0. The van der Waals surface area contributed by atoms with Crippen molar-refractivity contribution in [1.29, 1.82) is 0 Å². The van der Waals surface area contributed by atoms with Gasteiger partial charge in [-0.25, -0.2) is 0 Å². The molecule has 0 N–H and O–H groups in total. The lowest BCUT2D eigenvalue weighted by atomic mass is 10.0. The lowest BCUT2D eigenvalue weighted by Crippen LogP contribution is -2.30. The summed E-state index contributed by atoms with van der Waals surface area (Å²) in [4.78, 5) is 38.5. The quantitative estimate of drug-likeness (QED) is 0.0261. The second kappa shape index (κ2) is 70.9. The zero-order chi connectivity index (χ0) is 59.2. The average molecular weight is 1150 g/mol. The predicted molar refractivity (Wildman–Crippen MR) is 358 cm³/mol. The van der Waals surface area contributed by atoms with Crippen molar-refractivity contribution in [3.05, 3.63) is 48.6 Å². The molecule has 82 heavy (non-hydrogen) atoms. The fourth-order valence-electron chi connectivity index (χ4n) is 11.1. The van der Waals surface area contributed by atoms with Gasteiger partial charge < -0.3 is 14.2 Å². The first-order valence-electron chi connectivity index (χ1n) is 36.6. The third-order valence-corrected chi connectivity index (χ3v) is 16.6. The lowest BCUT2D eigenvalue weighted by molar-refractivity contribution is -0.167. The molecule has 0 amide bonds. The van der Waals surface area contributed by atoms with Crippen LogP contribution in [0.25, 0.3) is 0 Å². The van der Waals surface area contributed by atoms with E-state index in [2.05, 4.69) is 69.4 Å². The van der Waals surface area contributed by atoms with Gasteiger partial charge in [0.05, 0.1) is 0 Å². The number of carbonyl (C=O) groups excluding carboxylic acids is 3. The van der Waals surface area contributed by atoms with Crippen LogP contribution >= 0.6 is 0 Å². The Morgan fingerprint density at radius 2 is 0.476 bits per heavy atom. The fraction of sp³-hybridized carbons (Fsp3) is 0.855. The molecule has 0 saturated carbocycles. The molecule has 0 aromatic rings. The molecule has 1 unspecified atom stereocenters. The van der Waals surface area contributed by atoms with E-state index in [9.17, 15) is 14.4 Å². The summed E-state index contributed by atoms with van der Waals surface area (Å²) < 4.78 is 17.0. The standard InChI is InChI=1S/C76H140O6/c1-4-7-10-13-16-19-22-25-28-30-32-34-35-36-37-38-39-40-42-43-45-48-51-54-57-60-63-66-69-75(78)81-72-73(71-80-74(77)68-65-62-59-56-53-50-47-27-24-21-18-15-12-9-6-3)82-76(79)70-67-64-61-58-55-52-49-46-44-41-33-31-29-26-23-20-17-14-11-8-5-2/h8,11,17,20,26,29,33,41,73H,4-7,9-10,12-16,18-19,21-25,27-28,30-32,34-40,42-72H2,1-3H3/b11-8-,20-17-,29-26-,41-33-. The van der Waals surface area contributed by atoms with Crippen molar-refractivity contribution in [2.75, 3.05) is 13.2 Å². The summed E-state index contributed by atoms with van der Waals surface area (Å²) in [6, 6.07) is 0. The fourth-order valence-corrected chi connectivity index (χ4v) is 11.1. The van der Waals surface area contributed by atoms with Crippen molar-refractivity contribution in [3.8, 4) is 0 Å². The van der Waals surface area contributed by atoms with Gasteiger partial charge in [0.1, 0.15) is 13.2 Å². The van der Waals surface area contributed by atoms with Crippen molar-refractivity contribution in [2.24, 2.45) is 0 Å². The van der Waals surface area contributed by atoms with Gasteiger partial charge in [0.25, 0.3) is 0 Å². The van der Waals surface area contributed by atoms with Crippen LogP contribution in [0.15, 0.2) is 48.6 Å². The maximum absolute atomic E-state index is 13.0. The van der Waals surface area contributed by atoms with E-state index in [-0.39, 0.29) is 31.1 Å². The van der Waals surface area contributed by atoms with Gasteiger partial charge >= 0.3 is 17.9 Å². The van der Waals surface area contributed by atoms with Crippen LogP contribution in [-0.4, -0.2) is 37.2 Å². The van der Waals surface area contributed by atoms with E-state index in [1.165, 1.54) is 270 Å². The van der Waals surface area contributed by atoms with Gasteiger partial charge in [0.15, 0.2) is 6.10 Å². The highest BCUT2D eigenvalue weighted by Gasteiger charge is 2.19. The second-order valence-corrected chi connectivity index (χ2v) is 24.8. The number of unbranched alkanes of at least 4 members (excludes halogenated alkanes) is 49. The third-order valence-electron chi connectivity index (χ3n) is 16.6. The topological polar surface area (TPSA) is 78.9 Å². The van der Waals surface area contributed by atoms with Crippen LogP contribution in [0.3, 0.4) is 0 Å². The lowest BCUT2D eigenvalue weighted by Gasteiger charge is -2.18. The first-order chi connectivity index (χ1) is 40.5. The minimum atomic E-state index is -0.776. The molecule has 0 rings (SSSR count). The van der Waals surface area contributed by atoms with Gasteiger partial charge in [-0.05, 0) is 57.8 Å². The van der Waals surface area contributed by atoms with Gasteiger partial charge in [-0.3, -0.25) is 14.4 Å². The third kappa shape index (κ3) is 68.2. The minimum absolute atomic E-state index is 0.0708. The van der Waals surface area contributed by atoms with E-state index in [0.29, 0.717) is 19.3 Å². The number of hydrogen-bond donors (Lipinski definition) is 0. The van der Waals surface area contributed by atoms with Crippen molar-refractivity contribution >= 4 is 17.9 Å². The first kappa shape index (κ1) is 79.4. The normalized spacial score (nSPS) is 12.3. The molecule has 0 saturated heterocycles. The van der Waals surface area contributed by atoms with Gasteiger partial charge in [-0.2, -0.15) is 0 Å². The Morgan fingerprint density at radius 3 is 0.744 bits per heavy atom. The highest BCUT2D eigenvalue weighted by Crippen LogP contribution is 2.19. The van der Waals surface area contributed by atoms with Crippen molar-refractivity contribution < 1.29 is 28.6 Å². The largest absolute Gasteiger partial charge is 0.462 e. The molecule has 0 bridgehead atoms.